The summed E-state index contributed by atoms with van der Waals surface area (Å²) in [4.78, 5) is 17.2. The minimum atomic E-state index is -3.73. The summed E-state index contributed by atoms with van der Waals surface area (Å²) in [6, 6.07) is 5.95. The highest BCUT2D eigenvalue weighted by atomic mass is 35.5. The lowest BCUT2D eigenvalue weighted by Gasteiger charge is -2.42. The van der Waals surface area contributed by atoms with Gasteiger partial charge in [0.25, 0.3) is 0 Å². The highest BCUT2D eigenvalue weighted by Crippen LogP contribution is 2.43. The maximum absolute atomic E-state index is 13.7. The number of benzene rings is 1. The van der Waals surface area contributed by atoms with Crippen LogP contribution in [0.5, 0.6) is 0 Å². The number of rotatable bonds is 8. The van der Waals surface area contributed by atoms with E-state index in [1.54, 1.807) is 40.6 Å². The van der Waals surface area contributed by atoms with Crippen LogP contribution in [0, 0.1) is 5.92 Å². The van der Waals surface area contributed by atoms with Crippen LogP contribution < -0.4 is 0 Å². The van der Waals surface area contributed by atoms with Crippen LogP contribution in [0.15, 0.2) is 29.2 Å². The fourth-order valence-corrected chi connectivity index (χ4v) is 7.29. The van der Waals surface area contributed by atoms with E-state index in [0.29, 0.717) is 30.5 Å². The molecule has 3 unspecified atom stereocenters. The van der Waals surface area contributed by atoms with Crippen molar-refractivity contribution >= 4 is 27.7 Å². The van der Waals surface area contributed by atoms with E-state index in [1.807, 2.05) is 6.92 Å². The van der Waals surface area contributed by atoms with E-state index in [0.717, 1.165) is 45.3 Å². The van der Waals surface area contributed by atoms with Gasteiger partial charge in [0.05, 0.1) is 17.5 Å². The number of sulfonamides is 1. The molecule has 3 fully saturated rings. The molecule has 2 heterocycles. The summed E-state index contributed by atoms with van der Waals surface area (Å²) in [5.74, 6) is 0.390. The summed E-state index contributed by atoms with van der Waals surface area (Å²) >= 11 is 5.99. The molecule has 1 saturated carbocycles. The summed E-state index contributed by atoms with van der Waals surface area (Å²) in [5.41, 5.74) is 0. The van der Waals surface area contributed by atoms with Crippen molar-refractivity contribution in [3.63, 3.8) is 0 Å². The number of amides is 1. The van der Waals surface area contributed by atoms with E-state index in [9.17, 15) is 13.2 Å². The fourth-order valence-electron chi connectivity index (χ4n) is 5.25. The van der Waals surface area contributed by atoms with Crippen LogP contribution >= 0.6 is 11.6 Å². The number of hydrogen-bond donors (Lipinski definition) is 0. The van der Waals surface area contributed by atoms with E-state index in [-0.39, 0.29) is 35.7 Å². The fraction of sp³-hybridized carbons (Fsp3) is 0.708. The van der Waals surface area contributed by atoms with Crippen molar-refractivity contribution in [3.05, 3.63) is 29.3 Å². The Hall–Kier alpha value is -1.39. The molecule has 0 aromatic heterocycles. The van der Waals surface area contributed by atoms with Crippen molar-refractivity contribution in [2.75, 3.05) is 46.5 Å². The molecule has 3 aliphatic rings. The summed E-state index contributed by atoms with van der Waals surface area (Å²) < 4.78 is 39.9. The number of carbonyl (C=O) groups excluding carboxylic acids is 1. The van der Waals surface area contributed by atoms with E-state index in [4.69, 9.17) is 21.1 Å². The number of nitrogens with zero attached hydrogens (tertiary/aromatic N) is 3. The second-order valence-electron chi connectivity index (χ2n) is 9.69. The number of carbonyl (C=O) groups is 1. The molecule has 34 heavy (non-hydrogen) atoms. The predicted octanol–water partition coefficient (Wildman–Crippen LogP) is 3.45. The van der Waals surface area contributed by atoms with Gasteiger partial charge in [-0.1, -0.05) is 18.0 Å². The van der Waals surface area contributed by atoms with Gasteiger partial charge in [0.1, 0.15) is 6.61 Å². The Labute approximate surface area is 208 Å². The third kappa shape index (κ3) is 5.87. The largest absolute Gasteiger partial charge is 0.448 e. The minimum Gasteiger partial charge on any atom is -0.448 e. The first-order chi connectivity index (χ1) is 16.3. The zero-order valence-corrected chi connectivity index (χ0v) is 21.6. The molecular weight excluding hydrogens is 478 g/mol. The molecule has 190 valence electrons. The molecule has 2 saturated heterocycles. The van der Waals surface area contributed by atoms with E-state index in [2.05, 4.69) is 4.90 Å². The van der Waals surface area contributed by atoms with Crippen molar-refractivity contribution in [2.45, 2.75) is 62.0 Å². The molecule has 3 atom stereocenters. The van der Waals surface area contributed by atoms with Crippen molar-refractivity contribution in [2.24, 2.45) is 5.92 Å². The van der Waals surface area contributed by atoms with Crippen molar-refractivity contribution in [1.29, 1.82) is 0 Å². The topological polar surface area (TPSA) is 79.4 Å². The standard InChI is InChI=1S/C24H36ClN3O5S/c1-18-16-26(14-15-32-2)12-13-27(18)24(29)33-17-21-4-3-5-23(19-6-7-19)28(21)34(30,31)22-10-8-20(25)9-11-22/h8-11,18-19,21,23H,3-7,12-17H2,1-2H3. The molecule has 10 heteroatoms. The monoisotopic (exact) mass is 513 g/mol. The van der Waals surface area contributed by atoms with Gasteiger partial charge in [-0.25, -0.2) is 13.2 Å². The highest BCUT2D eigenvalue weighted by Gasteiger charge is 2.46. The van der Waals surface area contributed by atoms with Crippen LogP contribution in [0.1, 0.15) is 39.0 Å². The Morgan fingerprint density at radius 3 is 2.50 bits per heavy atom. The normalized spacial score (nSPS) is 27.0. The van der Waals surface area contributed by atoms with Crippen LogP contribution in [-0.4, -0.2) is 93.2 Å². The van der Waals surface area contributed by atoms with E-state index >= 15 is 0 Å². The number of piperazine rings is 1. The van der Waals surface area contributed by atoms with E-state index in [1.165, 1.54) is 0 Å². The lowest BCUT2D eigenvalue weighted by molar-refractivity contribution is 0.0266. The van der Waals surface area contributed by atoms with Gasteiger partial charge in [0.15, 0.2) is 0 Å². The SMILES string of the molecule is COCCN1CCN(C(=O)OCC2CCCC(C3CC3)N2S(=O)(=O)c2ccc(Cl)cc2)C(C)C1. The molecular formula is C24H36ClN3O5S. The molecule has 1 aromatic carbocycles. The van der Waals surface area contributed by atoms with Gasteiger partial charge in [-0.15, -0.1) is 0 Å². The summed E-state index contributed by atoms with van der Waals surface area (Å²) in [5, 5.41) is 0.498. The number of hydrogen-bond acceptors (Lipinski definition) is 6. The number of halogens is 1. The van der Waals surface area contributed by atoms with Crippen LogP contribution in [0.2, 0.25) is 5.02 Å². The molecule has 1 aliphatic carbocycles. The van der Waals surface area contributed by atoms with Gasteiger partial charge in [-0.2, -0.15) is 4.31 Å². The van der Waals surface area contributed by atoms with E-state index < -0.39 is 10.0 Å². The second-order valence-corrected chi connectivity index (χ2v) is 12.0. The Bertz CT molecular complexity index is 940. The van der Waals surface area contributed by atoms with Gasteiger partial charge < -0.3 is 14.4 Å². The van der Waals surface area contributed by atoms with Gasteiger partial charge in [-0.3, -0.25) is 4.90 Å². The molecule has 0 spiro atoms. The average Bonchev–Trinajstić information content (AvgIpc) is 3.67. The summed E-state index contributed by atoms with van der Waals surface area (Å²) in [6.07, 6.45) is 4.20. The first-order valence-corrected chi connectivity index (χ1v) is 14.1. The van der Waals surface area contributed by atoms with Crippen molar-refractivity contribution in [1.82, 2.24) is 14.1 Å². The average molecular weight is 514 g/mol. The Morgan fingerprint density at radius 1 is 1.12 bits per heavy atom. The zero-order chi connectivity index (χ0) is 24.3. The molecule has 0 N–H and O–H groups in total. The first kappa shape index (κ1) is 25.7. The zero-order valence-electron chi connectivity index (χ0n) is 20.1. The Balaban J connectivity index is 1.43. The van der Waals surface area contributed by atoms with Crippen molar-refractivity contribution in [3.8, 4) is 0 Å². The second kappa shape index (κ2) is 11.1. The number of methoxy groups -OCH3 is 1. The van der Waals surface area contributed by atoms with Crippen LogP contribution in [0.3, 0.4) is 0 Å². The molecule has 0 bridgehead atoms. The third-order valence-corrected chi connectivity index (χ3v) is 9.48. The number of ether oxygens (including phenoxy) is 2. The smallest absolute Gasteiger partial charge is 0.410 e. The van der Waals surface area contributed by atoms with Gasteiger partial charge >= 0.3 is 6.09 Å². The quantitative estimate of drug-likeness (QED) is 0.529. The molecule has 4 rings (SSSR count). The molecule has 1 amide bonds. The van der Waals surface area contributed by atoms with Gasteiger partial charge in [0, 0.05) is 50.4 Å². The van der Waals surface area contributed by atoms with Crippen molar-refractivity contribution < 1.29 is 22.7 Å². The Kier molecular flexibility index (Phi) is 8.40. The lowest BCUT2D eigenvalue weighted by Crippen LogP contribution is -2.56. The minimum absolute atomic E-state index is 0.0255. The molecule has 0 radical (unpaired) electrons. The lowest BCUT2D eigenvalue weighted by atomic mass is 9.96. The van der Waals surface area contributed by atoms with Crippen LogP contribution in [-0.2, 0) is 19.5 Å². The molecule has 2 aliphatic heterocycles. The van der Waals surface area contributed by atoms with Gasteiger partial charge in [-0.05, 0) is 62.8 Å². The predicted molar refractivity (Wildman–Crippen MR) is 130 cm³/mol. The van der Waals surface area contributed by atoms with Gasteiger partial charge in [0.2, 0.25) is 10.0 Å². The number of piperidine rings is 1. The highest BCUT2D eigenvalue weighted by molar-refractivity contribution is 7.89. The van der Waals surface area contributed by atoms with Crippen LogP contribution in [0.4, 0.5) is 4.79 Å². The molecule has 1 aromatic rings. The van der Waals surface area contributed by atoms with Crippen LogP contribution in [0.25, 0.3) is 0 Å². The molecule has 8 nitrogen and oxygen atoms in total. The maximum Gasteiger partial charge on any atom is 0.410 e. The first-order valence-electron chi connectivity index (χ1n) is 12.2. The Morgan fingerprint density at radius 2 is 1.85 bits per heavy atom. The summed E-state index contributed by atoms with van der Waals surface area (Å²) in [7, 11) is -2.04. The maximum atomic E-state index is 13.7. The third-order valence-electron chi connectivity index (χ3n) is 7.24. The summed E-state index contributed by atoms with van der Waals surface area (Å²) in [6.45, 7) is 5.72.